The lowest BCUT2D eigenvalue weighted by molar-refractivity contribution is 0.0610. The molecule has 3 heterocycles. The molecule has 6 heteroatoms. The van der Waals surface area contributed by atoms with Gasteiger partial charge in [-0.1, -0.05) is 17.7 Å². The van der Waals surface area contributed by atoms with E-state index in [0.29, 0.717) is 10.6 Å². The van der Waals surface area contributed by atoms with Crippen LogP contribution in [-0.2, 0) is 0 Å². The second kappa shape index (κ2) is 6.64. The van der Waals surface area contributed by atoms with E-state index >= 15 is 0 Å². The summed E-state index contributed by atoms with van der Waals surface area (Å²) in [6.45, 7) is 3.58. The molecule has 130 valence electrons. The maximum atomic E-state index is 12.7. The van der Waals surface area contributed by atoms with Crippen molar-refractivity contribution in [1.29, 1.82) is 0 Å². The number of piperidine rings is 1. The minimum absolute atomic E-state index is 0.0820. The van der Waals surface area contributed by atoms with Crippen LogP contribution in [0.15, 0.2) is 42.7 Å². The van der Waals surface area contributed by atoms with Gasteiger partial charge in [0.1, 0.15) is 0 Å². The number of carbonyl (C=O) groups excluding carboxylic acids is 1. The molecule has 1 amide bonds. The maximum Gasteiger partial charge on any atom is 0.253 e. The number of nitrogens with zero attached hydrogens (tertiary/aromatic N) is 4. The molecule has 2 fully saturated rings. The van der Waals surface area contributed by atoms with Crippen molar-refractivity contribution in [2.75, 3.05) is 31.1 Å². The van der Waals surface area contributed by atoms with Crippen molar-refractivity contribution in [3.8, 4) is 0 Å². The average Bonchev–Trinajstić information content (AvgIpc) is 3.06. The predicted molar refractivity (Wildman–Crippen MR) is 97.9 cm³/mol. The number of benzene rings is 1. The first-order chi connectivity index (χ1) is 12.2. The minimum atomic E-state index is 0.0820. The summed E-state index contributed by atoms with van der Waals surface area (Å²) < 4.78 is 0. The van der Waals surface area contributed by atoms with Crippen molar-refractivity contribution in [2.45, 2.75) is 19.3 Å². The SMILES string of the molecule is O=C(c1cccc(Cl)c1)N1CCC2(CC1)CCN(c1ncccn1)C2. The Labute approximate surface area is 152 Å². The van der Waals surface area contributed by atoms with E-state index in [0.717, 1.165) is 51.4 Å². The van der Waals surface area contributed by atoms with E-state index in [1.165, 1.54) is 0 Å². The van der Waals surface area contributed by atoms with E-state index in [1.807, 2.05) is 23.1 Å². The molecule has 1 aromatic carbocycles. The van der Waals surface area contributed by atoms with Gasteiger partial charge in [-0.05, 0) is 48.9 Å². The Balaban J connectivity index is 1.39. The van der Waals surface area contributed by atoms with Crippen molar-refractivity contribution in [2.24, 2.45) is 5.41 Å². The van der Waals surface area contributed by atoms with Gasteiger partial charge in [-0.25, -0.2) is 9.97 Å². The molecule has 0 N–H and O–H groups in total. The number of amides is 1. The van der Waals surface area contributed by atoms with Gasteiger partial charge < -0.3 is 9.80 Å². The van der Waals surface area contributed by atoms with Gasteiger partial charge in [0.05, 0.1) is 0 Å². The molecule has 5 nitrogen and oxygen atoms in total. The summed E-state index contributed by atoms with van der Waals surface area (Å²) in [5.74, 6) is 0.899. The largest absolute Gasteiger partial charge is 0.340 e. The molecule has 2 aliphatic rings. The number of halogens is 1. The number of hydrogen-bond acceptors (Lipinski definition) is 4. The number of anilines is 1. The van der Waals surface area contributed by atoms with Crippen LogP contribution < -0.4 is 4.90 Å². The van der Waals surface area contributed by atoms with Gasteiger partial charge in [0.25, 0.3) is 5.91 Å². The number of likely N-dealkylation sites (tertiary alicyclic amines) is 1. The van der Waals surface area contributed by atoms with Crippen LogP contribution in [0.1, 0.15) is 29.6 Å². The molecule has 25 heavy (non-hydrogen) atoms. The Hall–Kier alpha value is -2.14. The number of rotatable bonds is 2. The Morgan fingerprint density at radius 2 is 1.76 bits per heavy atom. The summed E-state index contributed by atoms with van der Waals surface area (Å²) in [6.07, 6.45) is 6.79. The lowest BCUT2D eigenvalue weighted by Gasteiger charge is -2.39. The fourth-order valence-corrected chi connectivity index (χ4v) is 4.15. The maximum absolute atomic E-state index is 12.7. The van der Waals surface area contributed by atoms with Gasteiger partial charge in [-0.3, -0.25) is 4.79 Å². The summed E-state index contributed by atoms with van der Waals surface area (Å²) in [4.78, 5) is 25.6. The molecule has 0 unspecified atom stereocenters. The summed E-state index contributed by atoms with van der Waals surface area (Å²) in [7, 11) is 0. The van der Waals surface area contributed by atoms with E-state index in [9.17, 15) is 4.79 Å². The first-order valence-corrected chi connectivity index (χ1v) is 9.10. The molecule has 0 bridgehead atoms. The van der Waals surface area contributed by atoms with Crippen LogP contribution in [0.5, 0.6) is 0 Å². The highest BCUT2D eigenvalue weighted by atomic mass is 35.5. The van der Waals surface area contributed by atoms with Crippen LogP contribution in [0.25, 0.3) is 0 Å². The molecular formula is C19H21ClN4O. The third-order valence-electron chi connectivity index (χ3n) is 5.46. The number of carbonyl (C=O) groups is 1. The van der Waals surface area contributed by atoms with Crippen LogP contribution in [0.2, 0.25) is 5.02 Å². The molecule has 2 saturated heterocycles. The summed E-state index contributed by atoms with van der Waals surface area (Å²) in [5.41, 5.74) is 0.957. The second-order valence-corrected chi connectivity index (χ2v) is 7.46. The Morgan fingerprint density at radius 1 is 1.04 bits per heavy atom. The molecule has 0 atom stereocenters. The normalized spacial score (nSPS) is 19.4. The van der Waals surface area contributed by atoms with Crippen molar-refractivity contribution in [1.82, 2.24) is 14.9 Å². The van der Waals surface area contributed by atoms with Crippen molar-refractivity contribution < 1.29 is 4.79 Å². The van der Waals surface area contributed by atoms with Crippen molar-refractivity contribution in [3.05, 3.63) is 53.3 Å². The zero-order valence-corrected chi connectivity index (χ0v) is 14.8. The van der Waals surface area contributed by atoms with E-state index in [-0.39, 0.29) is 11.3 Å². The Kier molecular flexibility index (Phi) is 4.34. The second-order valence-electron chi connectivity index (χ2n) is 7.02. The zero-order valence-electron chi connectivity index (χ0n) is 14.1. The number of hydrogen-bond donors (Lipinski definition) is 0. The van der Waals surface area contributed by atoms with Crippen LogP contribution in [0, 0.1) is 5.41 Å². The standard InChI is InChI=1S/C19H21ClN4O/c20-16-4-1-3-15(13-16)17(25)23-10-5-19(6-11-23)7-12-24(14-19)18-21-8-2-9-22-18/h1-4,8-9,13H,5-7,10-12,14H2. The van der Waals surface area contributed by atoms with E-state index < -0.39 is 0 Å². The van der Waals surface area contributed by atoms with Gasteiger partial charge in [-0.2, -0.15) is 0 Å². The van der Waals surface area contributed by atoms with Crippen LogP contribution >= 0.6 is 11.6 Å². The van der Waals surface area contributed by atoms with Gasteiger partial charge in [0, 0.05) is 49.2 Å². The fraction of sp³-hybridized carbons (Fsp3) is 0.421. The molecule has 0 aliphatic carbocycles. The highest BCUT2D eigenvalue weighted by Gasteiger charge is 2.42. The molecule has 0 radical (unpaired) electrons. The molecule has 1 spiro atoms. The first kappa shape index (κ1) is 16.3. The summed E-state index contributed by atoms with van der Waals surface area (Å²) in [6, 6.07) is 9.05. The highest BCUT2D eigenvalue weighted by Crippen LogP contribution is 2.41. The fourth-order valence-electron chi connectivity index (χ4n) is 3.96. The highest BCUT2D eigenvalue weighted by molar-refractivity contribution is 6.30. The minimum Gasteiger partial charge on any atom is -0.340 e. The number of aromatic nitrogens is 2. The van der Waals surface area contributed by atoms with Crippen LogP contribution in [0.4, 0.5) is 5.95 Å². The summed E-state index contributed by atoms with van der Waals surface area (Å²) in [5, 5.41) is 0.605. The lowest BCUT2D eigenvalue weighted by atomic mass is 9.77. The molecule has 1 aromatic heterocycles. The summed E-state index contributed by atoms with van der Waals surface area (Å²) >= 11 is 6.01. The van der Waals surface area contributed by atoms with Gasteiger partial charge >= 0.3 is 0 Å². The Morgan fingerprint density at radius 3 is 2.48 bits per heavy atom. The lowest BCUT2D eigenvalue weighted by Crippen LogP contribution is -2.44. The van der Waals surface area contributed by atoms with E-state index in [4.69, 9.17) is 11.6 Å². The quantitative estimate of drug-likeness (QED) is 0.828. The van der Waals surface area contributed by atoms with Gasteiger partial charge in [0.2, 0.25) is 5.95 Å². The van der Waals surface area contributed by atoms with Crippen LogP contribution in [-0.4, -0.2) is 47.0 Å². The smallest absolute Gasteiger partial charge is 0.253 e. The predicted octanol–water partition coefficient (Wildman–Crippen LogP) is 3.26. The van der Waals surface area contributed by atoms with Gasteiger partial charge in [-0.15, -0.1) is 0 Å². The van der Waals surface area contributed by atoms with E-state index in [2.05, 4.69) is 14.9 Å². The van der Waals surface area contributed by atoms with Crippen molar-refractivity contribution >= 4 is 23.5 Å². The van der Waals surface area contributed by atoms with Gasteiger partial charge in [0.15, 0.2) is 0 Å². The van der Waals surface area contributed by atoms with Crippen molar-refractivity contribution in [3.63, 3.8) is 0 Å². The molecular weight excluding hydrogens is 336 g/mol. The third-order valence-corrected chi connectivity index (χ3v) is 5.69. The monoisotopic (exact) mass is 356 g/mol. The molecule has 0 saturated carbocycles. The average molecular weight is 357 g/mol. The molecule has 2 aromatic rings. The topological polar surface area (TPSA) is 49.3 Å². The molecule has 2 aliphatic heterocycles. The van der Waals surface area contributed by atoms with E-state index in [1.54, 1.807) is 24.5 Å². The zero-order chi connectivity index (χ0) is 17.3. The Bertz CT molecular complexity index is 759. The third kappa shape index (κ3) is 3.33. The van der Waals surface area contributed by atoms with Crippen LogP contribution in [0.3, 0.4) is 0 Å². The molecule has 4 rings (SSSR count). The first-order valence-electron chi connectivity index (χ1n) is 8.72.